The fraction of sp³-hybridized carbons (Fsp3) is 0.235. The summed E-state index contributed by atoms with van der Waals surface area (Å²) in [7, 11) is 0. The fourth-order valence-corrected chi connectivity index (χ4v) is 3.02. The first kappa shape index (κ1) is 14.3. The van der Waals surface area contributed by atoms with Crippen LogP contribution in [-0.2, 0) is 17.6 Å². The molecular formula is C17H16BrNO2. The number of carbonyl (C=O) groups excluding carboxylic acids is 1. The Bertz CT molecular complexity index is 654. The Morgan fingerprint density at radius 3 is 2.67 bits per heavy atom. The minimum atomic E-state index is -0.545. The third-order valence-corrected chi connectivity index (χ3v) is 4.33. The predicted octanol–water partition coefficient (Wildman–Crippen LogP) is 2.77. The second-order valence-corrected chi connectivity index (χ2v) is 6.23. The summed E-state index contributed by atoms with van der Waals surface area (Å²) >= 11 is 3.37. The minimum Gasteiger partial charge on any atom is -0.390 e. The molecule has 0 radical (unpaired) electrons. The van der Waals surface area contributed by atoms with Crippen LogP contribution in [0.2, 0.25) is 0 Å². The Hall–Kier alpha value is -1.65. The van der Waals surface area contributed by atoms with E-state index in [1.807, 2.05) is 48.5 Å². The number of fused-ring (bicyclic) bond motifs is 1. The molecule has 2 aromatic rings. The number of benzene rings is 2. The van der Waals surface area contributed by atoms with Gasteiger partial charge in [-0.3, -0.25) is 4.79 Å². The molecule has 2 atom stereocenters. The zero-order valence-electron chi connectivity index (χ0n) is 11.4. The molecule has 2 aromatic carbocycles. The van der Waals surface area contributed by atoms with Gasteiger partial charge >= 0.3 is 0 Å². The molecule has 1 aliphatic carbocycles. The summed E-state index contributed by atoms with van der Waals surface area (Å²) in [5.41, 5.74) is 3.09. The van der Waals surface area contributed by atoms with Crippen molar-refractivity contribution in [3.8, 4) is 0 Å². The first-order valence-electron chi connectivity index (χ1n) is 6.93. The number of hydrogen-bond acceptors (Lipinski definition) is 2. The number of amides is 1. The molecule has 3 rings (SSSR count). The molecule has 4 heteroatoms. The number of hydrogen-bond donors (Lipinski definition) is 2. The zero-order valence-corrected chi connectivity index (χ0v) is 13.0. The van der Waals surface area contributed by atoms with Crippen LogP contribution in [-0.4, -0.2) is 17.1 Å². The molecule has 0 heterocycles. The Balaban J connectivity index is 1.69. The van der Waals surface area contributed by atoms with Crippen LogP contribution in [0.25, 0.3) is 0 Å². The molecule has 0 unspecified atom stereocenters. The van der Waals surface area contributed by atoms with Crippen LogP contribution in [0.1, 0.15) is 22.7 Å². The molecule has 0 spiro atoms. The van der Waals surface area contributed by atoms with Crippen molar-refractivity contribution in [3.05, 3.63) is 69.7 Å². The van der Waals surface area contributed by atoms with Gasteiger partial charge in [0.1, 0.15) is 0 Å². The van der Waals surface area contributed by atoms with E-state index in [4.69, 9.17) is 0 Å². The maximum atomic E-state index is 12.2. The van der Waals surface area contributed by atoms with Gasteiger partial charge in [0.25, 0.3) is 0 Å². The number of aliphatic hydroxyl groups is 1. The number of carbonyl (C=O) groups is 1. The maximum Gasteiger partial charge on any atom is 0.224 e. The fourth-order valence-electron chi connectivity index (χ4n) is 2.76. The minimum absolute atomic E-state index is 0.0712. The first-order valence-corrected chi connectivity index (χ1v) is 7.72. The van der Waals surface area contributed by atoms with Crippen LogP contribution >= 0.6 is 15.9 Å². The number of halogens is 1. The smallest absolute Gasteiger partial charge is 0.224 e. The van der Waals surface area contributed by atoms with E-state index in [0.717, 1.165) is 21.2 Å². The summed E-state index contributed by atoms with van der Waals surface area (Å²) in [5, 5.41) is 13.1. The highest BCUT2D eigenvalue weighted by Gasteiger charge is 2.31. The first-order chi connectivity index (χ1) is 10.1. The Labute approximate surface area is 132 Å². The normalized spacial score (nSPS) is 20.1. The molecule has 0 saturated heterocycles. The van der Waals surface area contributed by atoms with Crippen molar-refractivity contribution < 1.29 is 9.90 Å². The quantitative estimate of drug-likeness (QED) is 0.898. The molecule has 3 nitrogen and oxygen atoms in total. The van der Waals surface area contributed by atoms with Crippen LogP contribution in [0.15, 0.2) is 53.0 Å². The molecular weight excluding hydrogens is 330 g/mol. The molecule has 1 amide bonds. The van der Waals surface area contributed by atoms with Crippen molar-refractivity contribution in [3.63, 3.8) is 0 Å². The molecule has 0 saturated carbocycles. The van der Waals surface area contributed by atoms with Gasteiger partial charge in [-0.2, -0.15) is 0 Å². The third kappa shape index (κ3) is 3.17. The molecule has 0 bridgehead atoms. The van der Waals surface area contributed by atoms with Gasteiger partial charge in [0.05, 0.1) is 18.6 Å². The molecule has 0 aromatic heterocycles. The molecule has 2 N–H and O–H groups in total. The second-order valence-electron chi connectivity index (χ2n) is 5.32. The van der Waals surface area contributed by atoms with E-state index in [0.29, 0.717) is 12.8 Å². The summed E-state index contributed by atoms with van der Waals surface area (Å²) < 4.78 is 0.992. The average Bonchev–Trinajstić information content (AvgIpc) is 2.78. The van der Waals surface area contributed by atoms with E-state index in [1.54, 1.807) is 0 Å². The van der Waals surface area contributed by atoms with Crippen molar-refractivity contribution in [2.24, 2.45) is 0 Å². The van der Waals surface area contributed by atoms with E-state index in [9.17, 15) is 9.90 Å². The summed E-state index contributed by atoms with van der Waals surface area (Å²) in [6.45, 7) is 0. The van der Waals surface area contributed by atoms with Crippen LogP contribution in [0.3, 0.4) is 0 Å². The lowest BCUT2D eigenvalue weighted by molar-refractivity contribution is -0.121. The van der Waals surface area contributed by atoms with Crippen LogP contribution in [0.4, 0.5) is 0 Å². The van der Waals surface area contributed by atoms with E-state index in [2.05, 4.69) is 21.2 Å². The largest absolute Gasteiger partial charge is 0.390 e. The zero-order chi connectivity index (χ0) is 14.8. The molecule has 21 heavy (non-hydrogen) atoms. The van der Waals surface area contributed by atoms with Gasteiger partial charge in [-0.1, -0.05) is 52.3 Å². The monoisotopic (exact) mass is 345 g/mol. The summed E-state index contributed by atoms with van der Waals surface area (Å²) in [6, 6.07) is 15.2. The van der Waals surface area contributed by atoms with Gasteiger partial charge in [0.2, 0.25) is 5.91 Å². The van der Waals surface area contributed by atoms with E-state index in [1.165, 1.54) is 0 Å². The Morgan fingerprint density at radius 2 is 1.90 bits per heavy atom. The molecule has 0 aliphatic heterocycles. The van der Waals surface area contributed by atoms with Gasteiger partial charge in [0, 0.05) is 10.9 Å². The van der Waals surface area contributed by atoms with Gasteiger partial charge in [-0.15, -0.1) is 0 Å². The van der Waals surface area contributed by atoms with Crippen molar-refractivity contribution >= 4 is 21.8 Å². The number of aliphatic hydroxyl groups excluding tert-OH is 1. The molecule has 108 valence electrons. The maximum absolute atomic E-state index is 12.2. The van der Waals surface area contributed by atoms with Gasteiger partial charge in [0.15, 0.2) is 0 Å². The average molecular weight is 346 g/mol. The van der Waals surface area contributed by atoms with Crippen molar-refractivity contribution in [2.45, 2.75) is 25.0 Å². The number of rotatable bonds is 3. The van der Waals surface area contributed by atoms with Gasteiger partial charge < -0.3 is 10.4 Å². The van der Waals surface area contributed by atoms with Gasteiger partial charge in [-0.05, 0) is 28.8 Å². The number of nitrogens with one attached hydrogen (secondary N) is 1. The van der Waals surface area contributed by atoms with Crippen LogP contribution in [0, 0.1) is 0 Å². The van der Waals surface area contributed by atoms with E-state index in [-0.39, 0.29) is 11.9 Å². The van der Waals surface area contributed by atoms with Crippen LogP contribution < -0.4 is 5.32 Å². The highest BCUT2D eigenvalue weighted by molar-refractivity contribution is 9.10. The predicted molar refractivity (Wildman–Crippen MR) is 84.9 cm³/mol. The van der Waals surface area contributed by atoms with Gasteiger partial charge in [-0.25, -0.2) is 0 Å². The highest BCUT2D eigenvalue weighted by atomic mass is 79.9. The van der Waals surface area contributed by atoms with Crippen molar-refractivity contribution in [1.82, 2.24) is 5.32 Å². The van der Waals surface area contributed by atoms with Crippen molar-refractivity contribution in [2.75, 3.05) is 0 Å². The lowest BCUT2D eigenvalue weighted by Crippen LogP contribution is -2.34. The van der Waals surface area contributed by atoms with Crippen molar-refractivity contribution in [1.29, 1.82) is 0 Å². The molecule has 1 aliphatic rings. The highest BCUT2D eigenvalue weighted by Crippen LogP contribution is 2.31. The lowest BCUT2D eigenvalue weighted by Gasteiger charge is -2.18. The summed E-state index contributed by atoms with van der Waals surface area (Å²) in [5.74, 6) is -0.0712. The Kier molecular flexibility index (Phi) is 4.08. The third-order valence-electron chi connectivity index (χ3n) is 3.80. The van der Waals surface area contributed by atoms with E-state index >= 15 is 0 Å². The summed E-state index contributed by atoms with van der Waals surface area (Å²) in [4.78, 5) is 12.2. The standard InChI is InChI=1S/C17H16BrNO2/c18-13-7-5-11(6-8-13)9-16(21)19-17-14-4-2-1-3-12(14)10-15(17)20/h1-8,15,17,20H,9-10H2,(H,19,21)/t15-,17+/m1/s1. The Morgan fingerprint density at radius 1 is 1.19 bits per heavy atom. The summed E-state index contributed by atoms with van der Waals surface area (Å²) in [6.07, 6.45) is 0.370. The SMILES string of the molecule is O=C(Cc1ccc(Br)cc1)N[C@H]1c2ccccc2C[C@H]1O. The van der Waals surface area contributed by atoms with E-state index < -0.39 is 6.10 Å². The molecule has 0 fully saturated rings. The second kappa shape index (κ2) is 6.00. The lowest BCUT2D eigenvalue weighted by atomic mass is 10.1. The topological polar surface area (TPSA) is 49.3 Å². The van der Waals surface area contributed by atoms with Crippen LogP contribution in [0.5, 0.6) is 0 Å².